The third kappa shape index (κ3) is 4.42. The topological polar surface area (TPSA) is 12.0 Å². The minimum Gasteiger partial charge on any atom is -0.310 e. The van der Waals surface area contributed by atoms with E-state index in [1.807, 2.05) is 6.92 Å². The van der Waals surface area contributed by atoms with E-state index in [0.717, 1.165) is 30.7 Å². The summed E-state index contributed by atoms with van der Waals surface area (Å²) >= 11 is 0. The molecule has 0 aliphatic carbocycles. The summed E-state index contributed by atoms with van der Waals surface area (Å²) in [4.78, 5) is 0. The lowest BCUT2D eigenvalue weighted by molar-refractivity contribution is -0.137. The maximum absolute atomic E-state index is 12.4. The lowest BCUT2D eigenvalue weighted by Gasteiger charge is -2.15. The van der Waals surface area contributed by atoms with E-state index in [1.54, 1.807) is 0 Å². The Labute approximate surface area is 105 Å². The van der Waals surface area contributed by atoms with Crippen molar-refractivity contribution in [3.8, 4) is 12.3 Å². The third-order valence-corrected chi connectivity index (χ3v) is 2.69. The molecule has 1 aromatic rings. The first-order valence-electron chi connectivity index (χ1n) is 5.79. The van der Waals surface area contributed by atoms with Gasteiger partial charge in [-0.05, 0) is 37.6 Å². The summed E-state index contributed by atoms with van der Waals surface area (Å²) in [5.41, 5.74) is 0.217. The molecule has 1 atom stereocenters. The second-order valence-electron chi connectivity index (χ2n) is 4.10. The molecule has 0 fully saturated rings. The van der Waals surface area contributed by atoms with Crippen LogP contribution in [-0.2, 0) is 6.18 Å². The zero-order valence-corrected chi connectivity index (χ0v) is 10.2. The summed E-state index contributed by atoms with van der Waals surface area (Å²) in [6, 6.07) is 5.23. The second-order valence-corrected chi connectivity index (χ2v) is 4.10. The first-order chi connectivity index (χ1) is 8.45. The van der Waals surface area contributed by atoms with Crippen molar-refractivity contribution < 1.29 is 13.2 Å². The normalized spacial score (nSPS) is 13.1. The standard InChI is InChI=1S/C14H16F3N/c1-3-4-5-10-18-11(2)12-6-8-13(9-7-12)14(15,16)17/h1,6-9,11,18H,4-5,10H2,2H3. The van der Waals surface area contributed by atoms with E-state index < -0.39 is 11.7 Å². The quantitative estimate of drug-likeness (QED) is 0.624. The molecule has 0 aromatic heterocycles. The van der Waals surface area contributed by atoms with Gasteiger partial charge >= 0.3 is 6.18 Å². The van der Waals surface area contributed by atoms with Gasteiger partial charge in [0.1, 0.15) is 0 Å². The lowest BCUT2D eigenvalue weighted by atomic mass is 10.1. The Hall–Kier alpha value is -1.47. The molecular weight excluding hydrogens is 239 g/mol. The van der Waals surface area contributed by atoms with Gasteiger partial charge in [-0.3, -0.25) is 0 Å². The van der Waals surface area contributed by atoms with Crippen molar-refractivity contribution in [3.05, 3.63) is 35.4 Å². The molecule has 0 aliphatic rings. The largest absolute Gasteiger partial charge is 0.416 e. The van der Waals surface area contributed by atoms with Crippen LogP contribution >= 0.6 is 0 Å². The number of terminal acetylenes is 1. The Bertz CT molecular complexity index is 401. The number of rotatable bonds is 5. The third-order valence-electron chi connectivity index (χ3n) is 2.69. The van der Waals surface area contributed by atoms with Crippen LogP contribution in [0.25, 0.3) is 0 Å². The molecular formula is C14H16F3N. The number of benzene rings is 1. The molecule has 1 rings (SSSR count). The zero-order valence-electron chi connectivity index (χ0n) is 10.2. The minimum atomic E-state index is -4.28. The average molecular weight is 255 g/mol. The molecule has 0 radical (unpaired) electrons. The van der Waals surface area contributed by atoms with Crippen molar-refractivity contribution in [2.24, 2.45) is 0 Å². The monoisotopic (exact) mass is 255 g/mol. The van der Waals surface area contributed by atoms with Gasteiger partial charge in [0.05, 0.1) is 5.56 Å². The molecule has 1 nitrogen and oxygen atoms in total. The highest BCUT2D eigenvalue weighted by Crippen LogP contribution is 2.29. The Morgan fingerprint density at radius 2 is 1.89 bits per heavy atom. The Morgan fingerprint density at radius 1 is 1.28 bits per heavy atom. The number of unbranched alkanes of at least 4 members (excludes halogenated alkanes) is 1. The van der Waals surface area contributed by atoms with Crippen molar-refractivity contribution in [1.82, 2.24) is 5.32 Å². The molecule has 0 bridgehead atoms. The summed E-state index contributed by atoms with van der Waals surface area (Å²) in [5.74, 6) is 2.54. The number of nitrogens with one attached hydrogen (secondary N) is 1. The van der Waals surface area contributed by atoms with E-state index in [0.29, 0.717) is 6.42 Å². The van der Waals surface area contributed by atoms with Crippen molar-refractivity contribution in [3.63, 3.8) is 0 Å². The smallest absolute Gasteiger partial charge is 0.310 e. The minimum absolute atomic E-state index is 0.0186. The van der Waals surface area contributed by atoms with Crippen molar-refractivity contribution in [2.45, 2.75) is 32.0 Å². The summed E-state index contributed by atoms with van der Waals surface area (Å²) in [7, 11) is 0. The lowest BCUT2D eigenvalue weighted by Crippen LogP contribution is -2.19. The van der Waals surface area contributed by atoms with Crippen LogP contribution in [0.4, 0.5) is 13.2 Å². The molecule has 0 saturated heterocycles. The van der Waals surface area contributed by atoms with Gasteiger partial charge in [-0.15, -0.1) is 12.3 Å². The molecule has 1 N–H and O–H groups in total. The number of alkyl halides is 3. The SMILES string of the molecule is C#CCCCNC(C)c1ccc(C(F)(F)F)cc1. The molecule has 1 unspecified atom stereocenters. The number of hydrogen-bond donors (Lipinski definition) is 1. The van der Waals surface area contributed by atoms with Gasteiger partial charge in [0, 0.05) is 12.5 Å². The Morgan fingerprint density at radius 3 is 2.39 bits per heavy atom. The first kappa shape index (κ1) is 14.6. The van der Waals surface area contributed by atoms with E-state index in [2.05, 4.69) is 11.2 Å². The highest BCUT2D eigenvalue weighted by Gasteiger charge is 2.30. The van der Waals surface area contributed by atoms with Crippen LogP contribution in [0.1, 0.15) is 36.9 Å². The molecule has 0 heterocycles. The van der Waals surface area contributed by atoms with E-state index in [4.69, 9.17) is 6.42 Å². The second kappa shape index (κ2) is 6.46. The van der Waals surface area contributed by atoms with E-state index in [-0.39, 0.29) is 6.04 Å². The fourth-order valence-corrected chi connectivity index (χ4v) is 1.59. The van der Waals surface area contributed by atoms with Crippen LogP contribution in [0.15, 0.2) is 24.3 Å². The van der Waals surface area contributed by atoms with Crippen LogP contribution in [0.3, 0.4) is 0 Å². The van der Waals surface area contributed by atoms with Gasteiger partial charge in [0.2, 0.25) is 0 Å². The molecule has 0 saturated carbocycles. The maximum atomic E-state index is 12.4. The van der Waals surface area contributed by atoms with Gasteiger partial charge in [-0.25, -0.2) is 0 Å². The average Bonchev–Trinajstić information content (AvgIpc) is 2.33. The van der Waals surface area contributed by atoms with Crippen LogP contribution in [0.5, 0.6) is 0 Å². The molecule has 0 aliphatic heterocycles. The van der Waals surface area contributed by atoms with Gasteiger partial charge in [0.15, 0.2) is 0 Å². The predicted molar refractivity (Wildman–Crippen MR) is 65.9 cm³/mol. The summed E-state index contributed by atoms with van der Waals surface area (Å²) < 4.78 is 37.1. The highest BCUT2D eigenvalue weighted by molar-refractivity contribution is 5.26. The van der Waals surface area contributed by atoms with E-state index >= 15 is 0 Å². The van der Waals surface area contributed by atoms with Crippen molar-refractivity contribution in [1.29, 1.82) is 0 Å². The van der Waals surface area contributed by atoms with Gasteiger partial charge in [0.25, 0.3) is 0 Å². The maximum Gasteiger partial charge on any atom is 0.416 e. The zero-order chi connectivity index (χ0) is 13.6. The molecule has 98 valence electrons. The summed E-state index contributed by atoms with van der Waals surface area (Å²) in [5, 5.41) is 3.22. The predicted octanol–water partition coefficient (Wildman–Crippen LogP) is 3.77. The molecule has 1 aromatic carbocycles. The fraction of sp³-hybridized carbons (Fsp3) is 0.429. The number of halogens is 3. The van der Waals surface area contributed by atoms with Crippen LogP contribution in [0, 0.1) is 12.3 Å². The van der Waals surface area contributed by atoms with Crippen molar-refractivity contribution >= 4 is 0 Å². The summed E-state index contributed by atoms with van der Waals surface area (Å²) in [6.07, 6.45) is 2.42. The first-order valence-corrected chi connectivity index (χ1v) is 5.79. The molecule has 0 amide bonds. The van der Waals surface area contributed by atoms with Gasteiger partial charge < -0.3 is 5.32 Å². The fourth-order valence-electron chi connectivity index (χ4n) is 1.59. The van der Waals surface area contributed by atoms with E-state index in [1.165, 1.54) is 12.1 Å². The molecule has 18 heavy (non-hydrogen) atoms. The van der Waals surface area contributed by atoms with Crippen molar-refractivity contribution in [2.75, 3.05) is 6.54 Å². The Kier molecular flexibility index (Phi) is 5.24. The van der Waals surface area contributed by atoms with Crippen LogP contribution in [-0.4, -0.2) is 6.54 Å². The van der Waals surface area contributed by atoms with Crippen LogP contribution in [0.2, 0.25) is 0 Å². The molecule has 4 heteroatoms. The van der Waals surface area contributed by atoms with Crippen LogP contribution < -0.4 is 5.32 Å². The Balaban J connectivity index is 2.54. The van der Waals surface area contributed by atoms with E-state index in [9.17, 15) is 13.2 Å². The highest BCUT2D eigenvalue weighted by atomic mass is 19.4. The van der Waals surface area contributed by atoms with Gasteiger partial charge in [-0.2, -0.15) is 13.2 Å². The molecule has 0 spiro atoms. The van der Waals surface area contributed by atoms with Gasteiger partial charge in [-0.1, -0.05) is 12.1 Å². The summed E-state index contributed by atoms with van der Waals surface area (Å²) in [6.45, 7) is 2.67. The number of hydrogen-bond acceptors (Lipinski definition) is 1.